The van der Waals surface area contributed by atoms with Crippen LogP contribution in [-0.4, -0.2) is 43.7 Å². The van der Waals surface area contributed by atoms with E-state index in [1.807, 2.05) is 6.07 Å². The van der Waals surface area contributed by atoms with Gasteiger partial charge in [-0.2, -0.15) is 0 Å². The molecule has 0 bridgehead atoms. The summed E-state index contributed by atoms with van der Waals surface area (Å²) in [6.07, 6.45) is 1.91. The summed E-state index contributed by atoms with van der Waals surface area (Å²) in [6, 6.07) is 8.73. The van der Waals surface area contributed by atoms with E-state index in [2.05, 4.69) is 23.1 Å². The van der Waals surface area contributed by atoms with Gasteiger partial charge in [0, 0.05) is 24.7 Å². The van der Waals surface area contributed by atoms with E-state index >= 15 is 0 Å². The molecule has 0 saturated heterocycles. The van der Waals surface area contributed by atoms with Crippen molar-refractivity contribution in [2.24, 2.45) is 0 Å². The van der Waals surface area contributed by atoms with E-state index in [1.54, 1.807) is 7.11 Å². The number of hydrogen-bond acceptors (Lipinski definition) is 6. The van der Waals surface area contributed by atoms with Crippen molar-refractivity contribution in [1.82, 2.24) is 4.90 Å². The summed E-state index contributed by atoms with van der Waals surface area (Å²) in [5.41, 5.74) is 5.14. The van der Waals surface area contributed by atoms with Crippen LogP contribution in [0.5, 0.6) is 23.0 Å². The number of methoxy groups -OCH3 is 1. The molecular weight excluding hydrogens is 346 g/mol. The molecule has 2 aromatic carbocycles. The predicted octanol–water partition coefficient (Wildman–Crippen LogP) is 2.45. The van der Waals surface area contributed by atoms with E-state index in [0.717, 1.165) is 48.9 Å². The van der Waals surface area contributed by atoms with Crippen molar-refractivity contribution in [3.05, 3.63) is 46.5 Å². The molecule has 0 amide bonds. The predicted molar refractivity (Wildman–Crippen MR) is 98.7 cm³/mol. The first-order chi connectivity index (χ1) is 13.3. The van der Waals surface area contributed by atoms with Gasteiger partial charge >= 0.3 is 0 Å². The second-order valence-corrected chi connectivity index (χ2v) is 7.15. The summed E-state index contributed by atoms with van der Waals surface area (Å²) in [6.45, 7) is 2.36. The molecule has 142 valence electrons. The standard InChI is InChI=1S/C21H23NO5/c1-24-18-3-2-13-8-17-15-10-20-19(26-12-27-20)9-14(15)4-5-22(17)11-16(13)21(18)25-7-6-23/h2-3,9-10,17,23H,4-8,11-12H2,1H3. The van der Waals surface area contributed by atoms with Crippen molar-refractivity contribution in [3.63, 3.8) is 0 Å². The minimum absolute atomic E-state index is 0.0142. The highest BCUT2D eigenvalue weighted by Gasteiger charge is 2.35. The molecular formula is C21H23NO5. The van der Waals surface area contributed by atoms with Crippen molar-refractivity contribution in [2.75, 3.05) is 33.7 Å². The molecule has 0 radical (unpaired) electrons. The van der Waals surface area contributed by atoms with Crippen LogP contribution in [0.25, 0.3) is 0 Å². The topological polar surface area (TPSA) is 60.4 Å². The Bertz CT molecular complexity index is 881. The molecule has 1 unspecified atom stereocenters. The molecule has 27 heavy (non-hydrogen) atoms. The zero-order valence-corrected chi connectivity index (χ0v) is 15.4. The van der Waals surface area contributed by atoms with Gasteiger partial charge in [-0.05, 0) is 47.7 Å². The molecule has 0 aromatic heterocycles. The Hall–Kier alpha value is -2.44. The Morgan fingerprint density at radius 1 is 1.19 bits per heavy atom. The average Bonchev–Trinajstić information content (AvgIpc) is 3.16. The van der Waals surface area contributed by atoms with Gasteiger partial charge in [0.05, 0.1) is 13.7 Å². The first kappa shape index (κ1) is 16.7. The van der Waals surface area contributed by atoms with Gasteiger partial charge < -0.3 is 24.1 Å². The molecule has 3 aliphatic heterocycles. The van der Waals surface area contributed by atoms with Crippen LogP contribution in [0.2, 0.25) is 0 Å². The number of aliphatic hydroxyl groups is 1. The number of ether oxygens (including phenoxy) is 4. The molecule has 5 rings (SSSR count). The third-order valence-electron chi connectivity index (χ3n) is 5.76. The molecule has 2 aromatic rings. The van der Waals surface area contributed by atoms with Gasteiger partial charge in [0.2, 0.25) is 6.79 Å². The summed E-state index contributed by atoms with van der Waals surface area (Å²) in [4.78, 5) is 2.50. The Morgan fingerprint density at radius 3 is 2.85 bits per heavy atom. The first-order valence-electron chi connectivity index (χ1n) is 9.37. The van der Waals surface area contributed by atoms with Gasteiger partial charge in [0.1, 0.15) is 6.61 Å². The van der Waals surface area contributed by atoms with Gasteiger partial charge in [-0.3, -0.25) is 4.90 Å². The van der Waals surface area contributed by atoms with Crippen molar-refractivity contribution < 1.29 is 24.1 Å². The maximum Gasteiger partial charge on any atom is 0.231 e. The van der Waals surface area contributed by atoms with Gasteiger partial charge in [0.25, 0.3) is 0 Å². The van der Waals surface area contributed by atoms with Crippen molar-refractivity contribution in [3.8, 4) is 23.0 Å². The van der Waals surface area contributed by atoms with E-state index in [9.17, 15) is 5.11 Å². The molecule has 6 heteroatoms. The highest BCUT2D eigenvalue weighted by molar-refractivity contribution is 5.55. The van der Waals surface area contributed by atoms with Crippen LogP contribution in [0.1, 0.15) is 28.3 Å². The first-order valence-corrected chi connectivity index (χ1v) is 9.37. The third-order valence-corrected chi connectivity index (χ3v) is 5.76. The minimum atomic E-state index is -0.0142. The largest absolute Gasteiger partial charge is 0.493 e. The van der Waals surface area contributed by atoms with E-state index in [1.165, 1.54) is 22.3 Å². The Balaban J connectivity index is 1.53. The fourth-order valence-electron chi connectivity index (χ4n) is 4.46. The van der Waals surface area contributed by atoms with Crippen LogP contribution in [0, 0.1) is 0 Å². The second-order valence-electron chi connectivity index (χ2n) is 7.15. The van der Waals surface area contributed by atoms with Crippen LogP contribution in [-0.2, 0) is 19.4 Å². The maximum atomic E-state index is 9.17. The smallest absolute Gasteiger partial charge is 0.231 e. The summed E-state index contributed by atoms with van der Waals surface area (Å²) in [5, 5.41) is 9.17. The van der Waals surface area contributed by atoms with E-state index < -0.39 is 0 Å². The fourth-order valence-corrected chi connectivity index (χ4v) is 4.46. The lowest BCUT2D eigenvalue weighted by Gasteiger charge is -2.42. The quantitative estimate of drug-likeness (QED) is 0.893. The molecule has 0 spiro atoms. The average molecular weight is 369 g/mol. The van der Waals surface area contributed by atoms with Crippen molar-refractivity contribution in [1.29, 1.82) is 0 Å². The Morgan fingerprint density at radius 2 is 2.04 bits per heavy atom. The van der Waals surface area contributed by atoms with Crippen LogP contribution < -0.4 is 18.9 Å². The molecule has 0 aliphatic carbocycles. The van der Waals surface area contributed by atoms with Crippen LogP contribution in [0.15, 0.2) is 24.3 Å². The van der Waals surface area contributed by atoms with E-state index in [0.29, 0.717) is 12.8 Å². The normalized spacial score (nSPS) is 19.9. The molecule has 0 fully saturated rings. The molecule has 6 nitrogen and oxygen atoms in total. The fraction of sp³-hybridized carbons (Fsp3) is 0.429. The number of nitrogens with zero attached hydrogens (tertiary/aromatic N) is 1. The van der Waals surface area contributed by atoms with Crippen LogP contribution >= 0.6 is 0 Å². The number of rotatable bonds is 4. The number of hydrogen-bond donors (Lipinski definition) is 1. The number of aliphatic hydroxyl groups excluding tert-OH is 1. The van der Waals surface area contributed by atoms with Crippen molar-refractivity contribution >= 4 is 0 Å². The van der Waals surface area contributed by atoms with Gasteiger partial charge in [-0.25, -0.2) is 0 Å². The lowest BCUT2D eigenvalue weighted by molar-refractivity contribution is 0.152. The zero-order valence-electron chi connectivity index (χ0n) is 15.4. The molecule has 3 heterocycles. The van der Waals surface area contributed by atoms with Crippen molar-refractivity contribution in [2.45, 2.75) is 25.4 Å². The van der Waals surface area contributed by atoms with Crippen LogP contribution in [0.3, 0.4) is 0 Å². The highest BCUT2D eigenvalue weighted by atomic mass is 16.7. The number of fused-ring (bicyclic) bond motifs is 5. The minimum Gasteiger partial charge on any atom is -0.493 e. The summed E-state index contributed by atoms with van der Waals surface area (Å²) >= 11 is 0. The van der Waals surface area contributed by atoms with E-state index in [-0.39, 0.29) is 13.2 Å². The van der Waals surface area contributed by atoms with Crippen LogP contribution in [0.4, 0.5) is 0 Å². The van der Waals surface area contributed by atoms with E-state index in [4.69, 9.17) is 18.9 Å². The number of benzene rings is 2. The maximum absolute atomic E-state index is 9.17. The zero-order chi connectivity index (χ0) is 18.4. The molecule has 1 N–H and O–H groups in total. The summed E-state index contributed by atoms with van der Waals surface area (Å²) in [5.74, 6) is 3.20. The Kier molecular flexibility index (Phi) is 4.10. The SMILES string of the molecule is COc1ccc2c(c1OCCO)CN1CCc3cc4c(cc3C1C2)OCO4. The van der Waals surface area contributed by atoms with Gasteiger partial charge in [-0.1, -0.05) is 6.07 Å². The Labute approximate surface area is 158 Å². The second kappa shape index (κ2) is 6.62. The molecule has 0 saturated carbocycles. The highest BCUT2D eigenvalue weighted by Crippen LogP contribution is 2.46. The monoisotopic (exact) mass is 369 g/mol. The third kappa shape index (κ3) is 2.71. The lowest BCUT2D eigenvalue weighted by Crippen LogP contribution is -2.39. The van der Waals surface area contributed by atoms with Gasteiger partial charge in [-0.15, -0.1) is 0 Å². The van der Waals surface area contributed by atoms with Gasteiger partial charge in [0.15, 0.2) is 23.0 Å². The summed E-state index contributed by atoms with van der Waals surface area (Å²) in [7, 11) is 1.65. The summed E-state index contributed by atoms with van der Waals surface area (Å²) < 4.78 is 22.5. The molecule has 1 atom stereocenters. The molecule has 3 aliphatic rings. The lowest BCUT2D eigenvalue weighted by atomic mass is 9.83.